The van der Waals surface area contributed by atoms with Gasteiger partial charge in [-0.3, -0.25) is 9.48 Å². The zero-order chi connectivity index (χ0) is 21.7. The van der Waals surface area contributed by atoms with Gasteiger partial charge in [-0.15, -0.1) is 0 Å². The predicted octanol–water partition coefficient (Wildman–Crippen LogP) is 2.90. The van der Waals surface area contributed by atoms with Gasteiger partial charge in [0.2, 0.25) is 0 Å². The van der Waals surface area contributed by atoms with Gasteiger partial charge in [0.25, 0.3) is 0 Å². The van der Waals surface area contributed by atoms with Crippen LogP contribution >= 0.6 is 0 Å². The molecule has 1 aliphatic carbocycles. The molecule has 0 radical (unpaired) electrons. The quantitative estimate of drug-likeness (QED) is 0.611. The number of hydrogen-bond acceptors (Lipinski definition) is 6. The number of carboxylic acid groups (broad SMARTS) is 1. The van der Waals surface area contributed by atoms with Gasteiger partial charge in [0, 0.05) is 18.2 Å². The number of ether oxygens (including phenoxy) is 3. The Morgan fingerprint density at radius 3 is 2.43 bits per heavy atom. The van der Waals surface area contributed by atoms with Crippen LogP contribution in [0.4, 0.5) is 0 Å². The maximum absolute atomic E-state index is 11.2. The molecular weight excluding hydrogens is 388 g/mol. The summed E-state index contributed by atoms with van der Waals surface area (Å²) < 4.78 is 18.6. The molecule has 1 fully saturated rings. The minimum Gasteiger partial charge on any atom is -0.496 e. The van der Waals surface area contributed by atoms with Crippen LogP contribution < -0.4 is 9.47 Å². The van der Waals surface area contributed by atoms with Gasteiger partial charge in [0.05, 0.1) is 32.1 Å². The largest absolute Gasteiger partial charge is 0.496 e. The average Bonchev–Trinajstić information content (AvgIpc) is 3.39. The number of rotatable bonds is 10. The van der Waals surface area contributed by atoms with E-state index in [1.54, 1.807) is 38.6 Å². The zero-order valence-electron chi connectivity index (χ0n) is 17.7. The first-order chi connectivity index (χ1) is 14.4. The van der Waals surface area contributed by atoms with Crippen LogP contribution in [0.15, 0.2) is 24.4 Å². The Bertz CT molecular complexity index is 834. The molecule has 2 N–H and O–H groups in total. The first kappa shape index (κ1) is 22.1. The summed E-state index contributed by atoms with van der Waals surface area (Å²) in [4.78, 5) is 10.9. The van der Waals surface area contributed by atoms with Crippen molar-refractivity contribution in [3.05, 3.63) is 41.2 Å². The number of nitrogens with zero attached hydrogens (tertiary/aromatic N) is 2. The van der Waals surface area contributed by atoms with Crippen LogP contribution in [-0.2, 0) is 22.5 Å². The molecule has 0 unspecified atom stereocenters. The molecule has 1 aliphatic rings. The highest BCUT2D eigenvalue weighted by molar-refractivity contribution is 5.66. The fourth-order valence-electron chi connectivity index (χ4n) is 3.94. The number of hydrogen-bond donors (Lipinski definition) is 2. The van der Waals surface area contributed by atoms with Crippen LogP contribution in [0.5, 0.6) is 11.5 Å². The van der Waals surface area contributed by atoms with Crippen molar-refractivity contribution in [1.29, 1.82) is 0 Å². The summed E-state index contributed by atoms with van der Waals surface area (Å²) >= 11 is 0. The molecule has 0 amide bonds. The summed E-state index contributed by atoms with van der Waals surface area (Å²) in [5, 5.41) is 24.5. The third-order valence-electron chi connectivity index (χ3n) is 5.54. The fraction of sp³-hybridized carbons (Fsp3) is 0.545. The van der Waals surface area contributed by atoms with Crippen molar-refractivity contribution in [2.75, 3.05) is 14.2 Å². The SMILES string of the molecule is COc1cc([C@@H](O)[C@H](Cc2ccn(CC(=O)O)n2)OC2CCCC2)cc(OC)c1C. The number of aliphatic hydroxyl groups excluding tert-OH is 1. The number of carbonyl (C=O) groups is 1. The van der Waals surface area contributed by atoms with Crippen LogP contribution in [0.25, 0.3) is 0 Å². The van der Waals surface area contributed by atoms with Gasteiger partial charge >= 0.3 is 5.97 Å². The first-order valence-electron chi connectivity index (χ1n) is 10.2. The van der Waals surface area contributed by atoms with E-state index in [2.05, 4.69) is 5.10 Å². The van der Waals surface area contributed by atoms with Crippen molar-refractivity contribution in [3.8, 4) is 11.5 Å². The number of aliphatic hydroxyl groups is 1. The molecule has 2 atom stereocenters. The molecule has 0 aliphatic heterocycles. The van der Waals surface area contributed by atoms with Crippen molar-refractivity contribution < 1.29 is 29.2 Å². The lowest BCUT2D eigenvalue weighted by Crippen LogP contribution is -2.29. The van der Waals surface area contributed by atoms with Gasteiger partial charge in [0.15, 0.2) is 0 Å². The molecule has 0 bridgehead atoms. The minimum atomic E-state index is -0.956. The molecule has 164 valence electrons. The standard InChI is InChI=1S/C22H30N2O6/c1-14-18(28-2)10-15(11-19(14)29-3)22(27)20(30-17-6-4-5-7-17)12-16-8-9-24(23-16)13-21(25)26/h8-11,17,20,22,27H,4-7,12-13H2,1-3H3,(H,25,26)/t20-,22+/m0/s1. The van der Waals surface area contributed by atoms with Crippen molar-refractivity contribution in [2.45, 2.75) is 63.9 Å². The second-order valence-corrected chi connectivity index (χ2v) is 7.68. The van der Waals surface area contributed by atoms with E-state index in [0.29, 0.717) is 29.2 Å². The highest BCUT2D eigenvalue weighted by Gasteiger charge is 2.29. The summed E-state index contributed by atoms with van der Waals surface area (Å²) in [5.41, 5.74) is 2.17. The van der Waals surface area contributed by atoms with Crippen LogP contribution in [0.3, 0.4) is 0 Å². The Hall–Kier alpha value is -2.58. The van der Waals surface area contributed by atoms with Crippen molar-refractivity contribution in [1.82, 2.24) is 9.78 Å². The number of methoxy groups -OCH3 is 2. The van der Waals surface area contributed by atoms with Crippen LogP contribution in [0, 0.1) is 6.92 Å². The molecule has 2 aromatic rings. The lowest BCUT2D eigenvalue weighted by Gasteiger charge is -2.27. The van der Waals surface area contributed by atoms with Gasteiger partial charge in [0.1, 0.15) is 24.1 Å². The van der Waals surface area contributed by atoms with E-state index in [1.165, 1.54) is 4.68 Å². The Balaban J connectivity index is 1.85. The first-order valence-corrected chi connectivity index (χ1v) is 10.2. The number of benzene rings is 1. The smallest absolute Gasteiger partial charge is 0.325 e. The predicted molar refractivity (Wildman–Crippen MR) is 110 cm³/mol. The Morgan fingerprint density at radius 1 is 1.23 bits per heavy atom. The Kier molecular flexibility index (Phi) is 7.33. The van der Waals surface area contributed by atoms with Gasteiger partial charge < -0.3 is 24.4 Å². The van der Waals surface area contributed by atoms with Crippen molar-refractivity contribution in [3.63, 3.8) is 0 Å². The second-order valence-electron chi connectivity index (χ2n) is 7.68. The highest BCUT2D eigenvalue weighted by atomic mass is 16.5. The van der Waals surface area contributed by atoms with E-state index in [9.17, 15) is 9.90 Å². The van der Waals surface area contributed by atoms with Crippen molar-refractivity contribution in [2.24, 2.45) is 0 Å². The molecular formula is C22H30N2O6. The number of aromatic nitrogens is 2. The lowest BCUT2D eigenvalue weighted by atomic mass is 9.98. The van der Waals surface area contributed by atoms with Crippen LogP contribution in [-0.4, -0.2) is 52.4 Å². The van der Waals surface area contributed by atoms with Gasteiger partial charge in [-0.25, -0.2) is 0 Å². The summed E-state index contributed by atoms with van der Waals surface area (Å²) in [6.45, 7) is 1.69. The van der Waals surface area contributed by atoms with E-state index in [0.717, 1.165) is 31.2 Å². The number of carboxylic acids is 1. The second kappa shape index (κ2) is 9.95. The van der Waals surface area contributed by atoms with Gasteiger partial charge in [-0.2, -0.15) is 5.10 Å². The van der Waals surface area contributed by atoms with Gasteiger partial charge in [-0.1, -0.05) is 12.8 Å². The summed E-state index contributed by atoms with van der Waals surface area (Å²) in [6.07, 6.45) is 4.81. The molecule has 8 nitrogen and oxygen atoms in total. The van der Waals surface area contributed by atoms with E-state index in [4.69, 9.17) is 19.3 Å². The monoisotopic (exact) mass is 418 g/mol. The fourth-order valence-corrected chi connectivity index (χ4v) is 3.94. The third-order valence-corrected chi connectivity index (χ3v) is 5.54. The normalized spacial score (nSPS) is 16.4. The van der Waals surface area contributed by atoms with E-state index < -0.39 is 18.2 Å². The molecule has 30 heavy (non-hydrogen) atoms. The molecule has 0 spiro atoms. The topological polar surface area (TPSA) is 103 Å². The molecule has 0 saturated heterocycles. The van der Waals surface area contributed by atoms with E-state index in [1.807, 2.05) is 6.92 Å². The third kappa shape index (κ3) is 5.31. The summed E-state index contributed by atoms with van der Waals surface area (Å²) in [5.74, 6) is 0.310. The van der Waals surface area contributed by atoms with E-state index >= 15 is 0 Å². The molecule has 1 aromatic carbocycles. The van der Waals surface area contributed by atoms with E-state index in [-0.39, 0.29) is 12.6 Å². The summed E-state index contributed by atoms with van der Waals surface area (Å²) in [6, 6.07) is 5.37. The van der Waals surface area contributed by atoms with Gasteiger partial charge in [-0.05, 0) is 43.5 Å². The zero-order valence-corrected chi connectivity index (χ0v) is 17.7. The van der Waals surface area contributed by atoms with Crippen LogP contribution in [0.1, 0.15) is 48.6 Å². The Morgan fingerprint density at radius 2 is 1.87 bits per heavy atom. The van der Waals surface area contributed by atoms with Crippen molar-refractivity contribution >= 4 is 5.97 Å². The average molecular weight is 418 g/mol. The molecule has 1 heterocycles. The maximum Gasteiger partial charge on any atom is 0.325 e. The molecule has 8 heteroatoms. The molecule has 1 aromatic heterocycles. The van der Waals surface area contributed by atoms with Crippen LogP contribution in [0.2, 0.25) is 0 Å². The summed E-state index contributed by atoms with van der Waals surface area (Å²) in [7, 11) is 3.17. The Labute approximate surface area is 176 Å². The molecule has 1 saturated carbocycles. The number of aliphatic carboxylic acids is 1. The minimum absolute atomic E-state index is 0.0972. The highest BCUT2D eigenvalue weighted by Crippen LogP contribution is 2.35. The maximum atomic E-state index is 11.2. The molecule has 3 rings (SSSR count). The lowest BCUT2D eigenvalue weighted by molar-refractivity contribution is -0.137.